The van der Waals surface area contributed by atoms with E-state index < -0.39 is 104 Å². The smallest absolute Gasteiger partial charge is 0.410 e. The summed E-state index contributed by atoms with van der Waals surface area (Å²) in [5.41, 5.74) is 9.82. The van der Waals surface area contributed by atoms with Crippen molar-refractivity contribution in [1.29, 1.82) is 0 Å². The van der Waals surface area contributed by atoms with Crippen molar-refractivity contribution in [3.8, 4) is 0 Å². The fraction of sp³-hybridized carbons (Fsp3) is 0.580. The van der Waals surface area contributed by atoms with Crippen molar-refractivity contribution < 1.29 is 46.7 Å². The van der Waals surface area contributed by atoms with Crippen LogP contribution in [0.25, 0.3) is 0 Å². The molecular formula is C50H79N9O10S. The molecule has 0 aliphatic heterocycles. The standard InChI is InChI=1S/C50H79N9O10S/c1-30(2)37(58(14)45(64)39(48(6,7)8)56-44(63)40(59(15)47(66)69-49(9,10)11)50(12,13)34-20-17-16-18-21-34)28-32(5)41(60)57-70(67,68)29-33-23-25-35(26-24-33)54-42(61)36(22-19-27-53-46(52)65)55-43(62)38(51)31(3)4/h16-18,20-21,23-26,28,30-31,36-40H,19,22,27,29,51H2,1-15H3,(H,54,61)(H,55,62)(H,56,63)(H,57,60)(H3,52,53,65)/b32-28+. The van der Waals surface area contributed by atoms with E-state index in [0.717, 1.165) is 5.56 Å². The maximum atomic E-state index is 14.6. The van der Waals surface area contributed by atoms with Crippen LogP contribution in [0.4, 0.5) is 15.3 Å². The van der Waals surface area contributed by atoms with E-state index in [2.05, 4.69) is 26.0 Å². The summed E-state index contributed by atoms with van der Waals surface area (Å²) in [7, 11) is -1.24. The molecule has 9 N–H and O–H groups in total. The van der Waals surface area contributed by atoms with E-state index in [0.29, 0.717) is 12.1 Å². The second kappa shape index (κ2) is 25.2. The third kappa shape index (κ3) is 18.4. The molecule has 0 saturated carbocycles. The largest absolute Gasteiger partial charge is 0.444 e. The molecule has 0 aromatic heterocycles. The van der Waals surface area contributed by atoms with E-state index >= 15 is 0 Å². The summed E-state index contributed by atoms with van der Waals surface area (Å²) in [4.78, 5) is 95.9. The number of carbonyl (C=O) groups excluding carboxylic acids is 7. The number of ether oxygens (including phenoxy) is 1. The van der Waals surface area contributed by atoms with Gasteiger partial charge >= 0.3 is 12.1 Å². The van der Waals surface area contributed by atoms with Crippen LogP contribution in [-0.2, 0) is 49.9 Å². The Kier molecular flexibility index (Phi) is 21.6. The van der Waals surface area contributed by atoms with Gasteiger partial charge in [0.1, 0.15) is 23.7 Å². The van der Waals surface area contributed by atoms with Crippen LogP contribution in [0.15, 0.2) is 66.2 Å². The third-order valence-corrected chi connectivity index (χ3v) is 12.8. The van der Waals surface area contributed by atoms with Gasteiger partial charge in [-0.15, -0.1) is 0 Å². The fourth-order valence-corrected chi connectivity index (χ4v) is 8.65. The number of rotatable bonds is 22. The number of urea groups is 1. The number of primary amides is 1. The van der Waals surface area contributed by atoms with Crippen molar-refractivity contribution in [2.24, 2.45) is 28.7 Å². The van der Waals surface area contributed by atoms with Crippen LogP contribution in [0.3, 0.4) is 0 Å². The number of likely N-dealkylation sites (N-methyl/N-ethyl adjacent to an activating group) is 2. The lowest BCUT2D eigenvalue weighted by Gasteiger charge is -2.42. The van der Waals surface area contributed by atoms with E-state index in [1.165, 1.54) is 54.1 Å². The van der Waals surface area contributed by atoms with E-state index in [9.17, 15) is 42.0 Å². The lowest BCUT2D eigenvalue weighted by Crippen LogP contribution is -2.63. The third-order valence-electron chi connectivity index (χ3n) is 11.6. The van der Waals surface area contributed by atoms with Crippen molar-refractivity contribution in [3.63, 3.8) is 0 Å². The molecule has 0 radical (unpaired) electrons. The number of nitrogens with one attached hydrogen (secondary N) is 5. The van der Waals surface area contributed by atoms with Gasteiger partial charge in [0.15, 0.2) is 0 Å². The van der Waals surface area contributed by atoms with Crippen LogP contribution in [0.5, 0.6) is 0 Å². The van der Waals surface area contributed by atoms with Gasteiger partial charge in [0.25, 0.3) is 5.91 Å². The van der Waals surface area contributed by atoms with E-state index in [1.807, 2.05) is 58.0 Å². The van der Waals surface area contributed by atoms with Crippen LogP contribution < -0.4 is 37.5 Å². The Bertz CT molecular complexity index is 2290. The molecule has 0 fully saturated rings. The molecule has 390 valence electrons. The molecule has 5 atom stereocenters. The molecule has 70 heavy (non-hydrogen) atoms. The molecule has 2 aromatic rings. The Morgan fingerprint density at radius 1 is 0.771 bits per heavy atom. The van der Waals surface area contributed by atoms with Gasteiger partial charge in [0.2, 0.25) is 33.7 Å². The monoisotopic (exact) mass is 998 g/mol. The summed E-state index contributed by atoms with van der Waals surface area (Å²) in [5.74, 6) is -4.16. The molecular weight excluding hydrogens is 919 g/mol. The maximum absolute atomic E-state index is 14.6. The van der Waals surface area contributed by atoms with Gasteiger partial charge in [-0.25, -0.2) is 22.7 Å². The van der Waals surface area contributed by atoms with Crippen molar-refractivity contribution >= 4 is 57.4 Å². The first-order valence-corrected chi connectivity index (χ1v) is 25.1. The fourth-order valence-electron chi connectivity index (χ4n) is 7.50. The molecule has 0 heterocycles. The highest BCUT2D eigenvalue weighted by Gasteiger charge is 2.46. The number of amides is 8. The molecule has 0 aliphatic carbocycles. The molecule has 20 heteroatoms. The lowest BCUT2D eigenvalue weighted by atomic mass is 9.76. The summed E-state index contributed by atoms with van der Waals surface area (Å²) < 4.78 is 34.4. The van der Waals surface area contributed by atoms with Crippen LogP contribution in [-0.4, -0.2) is 116 Å². The molecule has 0 saturated heterocycles. The molecule has 0 spiro atoms. The first-order valence-electron chi connectivity index (χ1n) is 23.4. The van der Waals surface area contributed by atoms with E-state index in [4.69, 9.17) is 16.2 Å². The Labute approximate surface area is 415 Å². The summed E-state index contributed by atoms with van der Waals surface area (Å²) in [6.07, 6.45) is 1.24. The minimum atomic E-state index is -4.27. The van der Waals surface area contributed by atoms with Crippen molar-refractivity contribution in [1.82, 2.24) is 30.5 Å². The van der Waals surface area contributed by atoms with Crippen molar-refractivity contribution in [2.45, 2.75) is 150 Å². The number of nitrogens with two attached hydrogens (primary N) is 2. The summed E-state index contributed by atoms with van der Waals surface area (Å²) in [5, 5.41) is 10.8. The minimum Gasteiger partial charge on any atom is -0.444 e. The van der Waals surface area contributed by atoms with Crippen molar-refractivity contribution in [2.75, 3.05) is 26.0 Å². The first-order chi connectivity index (χ1) is 32.1. The van der Waals surface area contributed by atoms with Gasteiger partial charge in [-0.05, 0) is 81.0 Å². The number of carbonyl (C=O) groups is 7. The maximum Gasteiger partial charge on any atom is 0.410 e. The summed E-state index contributed by atoms with van der Waals surface area (Å²) in [6, 6.07) is 9.50. The molecule has 2 aromatic carbocycles. The number of hydrogen-bond donors (Lipinski definition) is 7. The Hall–Kier alpha value is -6.02. The molecule has 0 aliphatic rings. The highest BCUT2D eigenvalue weighted by atomic mass is 32.2. The van der Waals surface area contributed by atoms with E-state index in [1.54, 1.807) is 62.4 Å². The zero-order valence-electron chi connectivity index (χ0n) is 43.7. The highest BCUT2D eigenvalue weighted by molar-refractivity contribution is 7.89. The SMILES string of the molecule is C/C(=C\C(C(C)C)N(C)C(=O)C(NC(=O)C(N(C)C(=O)OC(C)(C)C)C(C)(C)c1ccccc1)C(C)(C)C)C(=O)NS(=O)(=O)Cc1ccc(NC(=O)C(CCCNC(N)=O)NC(=O)C(N)C(C)C)cc1. The van der Waals surface area contributed by atoms with Gasteiger partial charge in [0, 0.05) is 37.3 Å². The number of anilines is 1. The van der Waals surface area contributed by atoms with Crippen LogP contribution in [0.2, 0.25) is 0 Å². The van der Waals surface area contributed by atoms with Crippen molar-refractivity contribution in [3.05, 3.63) is 77.4 Å². The lowest BCUT2D eigenvalue weighted by molar-refractivity contribution is -0.141. The zero-order chi connectivity index (χ0) is 53.7. The van der Waals surface area contributed by atoms with Gasteiger partial charge in [0.05, 0.1) is 17.8 Å². The molecule has 8 amide bonds. The molecule has 2 rings (SSSR count). The predicted molar refractivity (Wildman–Crippen MR) is 271 cm³/mol. The molecule has 19 nitrogen and oxygen atoms in total. The Morgan fingerprint density at radius 3 is 1.84 bits per heavy atom. The van der Waals surface area contributed by atoms with E-state index in [-0.39, 0.29) is 35.9 Å². The van der Waals surface area contributed by atoms with Gasteiger partial charge in [-0.1, -0.05) is 111 Å². The Morgan fingerprint density at radius 2 is 1.34 bits per heavy atom. The predicted octanol–water partition coefficient (Wildman–Crippen LogP) is 4.66. The highest BCUT2D eigenvalue weighted by Crippen LogP contribution is 2.32. The quantitative estimate of drug-likeness (QED) is 0.0629. The second-order valence-corrected chi connectivity index (χ2v) is 22.8. The van der Waals surface area contributed by atoms with Crippen LogP contribution in [0, 0.1) is 17.3 Å². The Balaban J connectivity index is 2.31. The molecule has 5 unspecified atom stereocenters. The second-order valence-electron chi connectivity index (χ2n) is 21.1. The van der Waals surface area contributed by atoms with Gasteiger partial charge in [-0.2, -0.15) is 0 Å². The zero-order valence-corrected chi connectivity index (χ0v) is 44.5. The molecule has 0 bridgehead atoms. The first kappa shape index (κ1) is 60.1. The number of sulfonamides is 1. The van der Waals surface area contributed by atoms with Gasteiger partial charge < -0.3 is 42.4 Å². The average Bonchev–Trinajstić information content (AvgIpc) is 3.24. The summed E-state index contributed by atoms with van der Waals surface area (Å²) >= 11 is 0. The summed E-state index contributed by atoms with van der Waals surface area (Å²) in [6.45, 7) is 23.0. The average molecular weight is 998 g/mol. The van der Waals surface area contributed by atoms with Crippen LogP contribution >= 0.6 is 0 Å². The van der Waals surface area contributed by atoms with Gasteiger partial charge in [-0.3, -0.25) is 28.9 Å². The topological polar surface area (TPSA) is 282 Å². The minimum absolute atomic E-state index is 0.0152. The number of hydrogen-bond acceptors (Lipinski definition) is 11. The number of nitrogens with zero attached hydrogens (tertiary/aromatic N) is 2. The normalized spacial score (nSPS) is 14.6. The number of benzene rings is 2. The van der Waals surface area contributed by atoms with Crippen LogP contribution in [0.1, 0.15) is 114 Å².